The quantitative estimate of drug-likeness (QED) is 0.903. The summed E-state index contributed by atoms with van der Waals surface area (Å²) in [7, 11) is -2.96. The van der Waals surface area contributed by atoms with Crippen LogP contribution in [0, 0.1) is 0 Å². The summed E-state index contributed by atoms with van der Waals surface area (Å²) in [5.41, 5.74) is 2.19. The first-order chi connectivity index (χ1) is 8.50. The molecule has 0 aromatic heterocycles. The maximum atomic E-state index is 11.8. The zero-order valence-corrected chi connectivity index (χ0v) is 11.7. The van der Waals surface area contributed by atoms with E-state index in [0.29, 0.717) is 6.54 Å². The fourth-order valence-electron chi connectivity index (χ4n) is 2.05. The Morgan fingerprint density at radius 1 is 1.33 bits per heavy atom. The van der Waals surface area contributed by atoms with Crippen LogP contribution in [0.4, 0.5) is 11.4 Å². The molecule has 4 nitrogen and oxygen atoms in total. The van der Waals surface area contributed by atoms with E-state index in [9.17, 15) is 8.42 Å². The second kappa shape index (κ2) is 5.18. The van der Waals surface area contributed by atoms with Crippen molar-refractivity contribution in [3.05, 3.63) is 24.3 Å². The van der Waals surface area contributed by atoms with Crippen LogP contribution in [0.2, 0.25) is 0 Å². The molecule has 0 saturated carbocycles. The Hall–Kier alpha value is -1.23. The number of sulfone groups is 1. The van der Waals surface area contributed by atoms with Crippen LogP contribution >= 0.6 is 0 Å². The number of nitrogens with one attached hydrogen (secondary N) is 1. The summed E-state index contributed by atoms with van der Waals surface area (Å²) < 4.78 is 23.7. The molecule has 1 aromatic rings. The van der Waals surface area contributed by atoms with Crippen LogP contribution in [0.5, 0.6) is 0 Å². The third kappa shape index (κ3) is 2.77. The normalized spacial score (nSPS) is 15.4. The largest absolute Gasteiger partial charge is 0.382 e. The molecule has 0 radical (unpaired) electrons. The summed E-state index contributed by atoms with van der Waals surface area (Å²) in [4.78, 5) is 2.14. The predicted molar refractivity (Wildman–Crippen MR) is 76.1 cm³/mol. The average molecular weight is 268 g/mol. The molecule has 2 rings (SSSR count). The standard InChI is InChI=1S/C13H20N2O2S/c1-11(2)18(16,17)10-9-15-8-7-14-12-5-3-4-6-13(12)15/h3-6,11,14H,7-10H2,1-2H3. The molecule has 100 valence electrons. The summed E-state index contributed by atoms with van der Waals surface area (Å²) in [6.45, 7) is 5.75. The van der Waals surface area contributed by atoms with E-state index in [2.05, 4.69) is 10.2 Å². The Bertz CT molecular complexity index is 511. The Kier molecular flexibility index (Phi) is 3.80. The summed E-state index contributed by atoms with van der Waals surface area (Å²) in [6.07, 6.45) is 0. The van der Waals surface area contributed by atoms with Crippen LogP contribution in [-0.4, -0.2) is 39.1 Å². The van der Waals surface area contributed by atoms with E-state index in [-0.39, 0.29) is 11.0 Å². The van der Waals surface area contributed by atoms with Gasteiger partial charge in [0.05, 0.1) is 22.4 Å². The van der Waals surface area contributed by atoms with Gasteiger partial charge in [-0.25, -0.2) is 8.42 Å². The van der Waals surface area contributed by atoms with Crippen molar-refractivity contribution in [2.45, 2.75) is 19.1 Å². The smallest absolute Gasteiger partial charge is 0.154 e. The maximum absolute atomic E-state index is 11.8. The lowest BCUT2D eigenvalue weighted by Crippen LogP contribution is -2.38. The number of hydrogen-bond acceptors (Lipinski definition) is 4. The minimum atomic E-state index is -2.96. The predicted octanol–water partition coefficient (Wildman–Crippen LogP) is 1.74. The fourth-order valence-corrected chi connectivity index (χ4v) is 3.00. The number of hydrogen-bond donors (Lipinski definition) is 1. The van der Waals surface area contributed by atoms with Crippen molar-refractivity contribution in [2.24, 2.45) is 0 Å². The molecule has 1 aromatic carbocycles. The van der Waals surface area contributed by atoms with E-state index in [0.717, 1.165) is 24.5 Å². The molecule has 1 heterocycles. The molecule has 1 N–H and O–H groups in total. The van der Waals surface area contributed by atoms with Crippen LogP contribution in [0.15, 0.2) is 24.3 Å². The van der Waals surface area contributed by atoms with E-state index >= 15 is 0 Å². The molecule has 0 fully saturated rings. The van der Waals surface area contributed by atoms with Gasteiger partial charge in [-0.1, -0.05) is 12.1 Å². The average Bonchev–Trinajstić information content (AvgIpc) is 2.36. The van der Waals surface area contributed by atoms with Crippen molar-refractivity contribution < 1.29 is 8.42 Å². The van der Waals surface area contributed by atoms with Gasteiger partial charge in [-0.05, 0) is 26.0 Å². The molecule has 0 spiro atoms. The van der Waals surface area contributed by atoms with E-state index in [1.165, 1.54) is 0 Å². The lowest BCUT2D eigenvalue weighted by Gasteiger charge is -2.32. The SMILES string of the molecule is CC(C)S(=O)(=O)CCN1CCNc2ccccc21. The van der Waals surface area contributed by atoms with Crippen LogP contribution in [-0.2, 0) is 9.84 Å². The number of para-hydroxylation sites is 2. The summed E-state index contributed by atoms with van der Waals surface area (Å²) in [5.74, 6) is 0.221. The minimum Gasteiger partial charge on any atom is -0.382 e. The summed E-state index contributed by atoms with van der Waals surface area (Å²) in [5, 5.41) is 3.03. The Morgan fingerprint density at radius 3 is 2.78 bits per heavy atom. The number of rotatable bonds is 4. The van der Waals surface area contributed by atoms with E-state index in [1.807, 2.05) is 24.3 Å². The number of benzene rings is 1. The number of fused-ring (bicyclic) bond motifs is 1. The summed E-state index contributed by atoms with van der Waals surface area (Å²) in [6, 6.07) is 8.03. The highest BCUT2D eigenvalue weighted by Crippen LogP contribution is 2.28. The van der Waals surface area contributed by atoms with Crippen molar-refractivity contribution in [3.8, 4) is 0 Å². The van der Waals surface area contributed by atoms with Gasteiger partial charge in [0.2, 0.25) is 0 Å². The van der Waals surface area contributed by atoms with E-state index < -0.39 is 9.84 Å². The van der Waals surface area contributed by atoms with Gasteiger partial charge < -0.3 is 10.2 Å². The molecule has 1 aliphatic rings. The highest BCUT2D eigenvalue weighted by atomic mass is 32.2. The van der Waals surface area contributed by atoms with Crippen molar-refractivity contribution in [3.63, 3.8) is 0 Å². The van der Waals surface area contributed by atoms with Gasteiger partial charge in [0.15, 0.2) is 9.84 Å². The second-order valence-corrected chi connectivity index (χ2v) is 7.52. The van der Waals surface area contributed by atoms with Gasteiger partial charge in [0.25, 0.3) is 0 Å². The molecular formula is C13H20N2O2S. The lowest BCUT2D eigenvalue weighted by atomic mass is 10.2. The van der Waals surface area contributed by atoms with E-state index in [4.69, 9.17) is 0 Å². The van der Waals surface area contributed by atoms with Crippen molar-refractivity contribution in [2.75, 3.05) is 35.6 Å². The van der Waals surface area contributed by atoms with E-state index in [1.54, 1.807) is 13.8 Å². The Labute approximate surface area is 109 Å². The Morgan fingerprint density at radius 2 is 2.06 bits per heavy atom. The van der Waals surface area contributed by atoms with Crippen molar-refractivity contribution in [1.82, 2.24) is 0 Å². The first kappa shape index (κ1) is 13.2. The molecule has 0 unspecified atom stereocenters. The zero-order chi connectivity index (χ0) is 13.2. The van der Waals surface area contributed by atoms with Gasteiger partial charge in [-0.3, -0.25) is 0 Å². The van der Waals surface area contributed by atoms with Crippen LogP contribution in [0.25, 0.3) is 0 Å². The number of anilines is 2. The highest BCUT2D eigenvalue weighted by Gasteiger charge is 2.20. The second-order valence-electron chi connectivity index (χ2n) is 4.85. The molecule has 0 saturated heterocycles. The number of nitrogens with zero attached hydrogens (tertiary/aromatic N) is 1. The van der Waals surface area contributed by atoms with Gasteiger partial charge in [0, 0.05) is 19.6 Å². The van der Waals surface area contributed by atoms with Crippen LogP contribution in [0.1, 0.15) is 13.8 Å². The first-order valence-corrected chi connectivity index (χ1v) is 8.01. The maximum Gasteiger partial charge on any atom is 0.154 e. The van der Waals surface area contributed by atoms with Gasteiger partial charge in [-0.15, -0.1) is 0 Å². The first-order valence-electron chi connectivity index (χ1n) is 6.30. The third-order valence-electron chi connectivity index (χ3n) is 3.31. The Balaban J connectivity index is 2.09. The molecule has 0 atom stereocenters. The van der Waals surface area contributed by atoms with Crippen LogP contribution < -0.4 is 10.2 Å². The lowest BCUT2D eigenvalue weighted by molar-refractivity contribution is 0.585. The van der Waals surface area contributed by atoms with Crippen molar-refractivity contribution in [1.29, 1.82) is 0 Å². The molecule has 0 amide bonds. The van der Waals surface area contributed by atoms with Gasteiger partial charge in [-0.2, -0.15) is 0 Å². The van der Waals surface area contributed by atoms with Crippen molar-refractivity contribution >= 4 is 21.2 Å². The van der Waals surface area contributed by atoms with Gasteiger partial charge in [0.1, 0.15) is 0 Å². The van der Waals surface area contributed by atoms with Gasteiger partial charge >= 0.3 is 0 Å². The molecule has 18 heavy (non-hydrogen) atoms. The monoisotopic (exact) mass is 268 g/mol. The summed E-state index contributed by atoms with van der Waals surface area (Å²) >= 11 is 0. The molecular weight excluding hydrogens is 248 g/mol. The topological polar surface area (TPSA) is 49.4 Å². The molecule has 0 aliphatic carbocycles. The third-order valence-corrected chi connectivity index (χ3v) is 5.49. The van der Waals surface area contributed by atoms with Crippen LogP contribution in [0.3, 0.4) is 0 Å². The minimum absolute atomic E-state index is 0.221. The zero-order valence-electron chi connectivity index (χ0n) is 10.9. The molecule has 5 heteroatoms. The fraction of sp³-hybridized carbons (Fsp3) is 0.538. The molecule has 1 aliphatic heterocycles. The highest BCUT2D eigenvalue weighted by molar-refractivity contribution is 7.92. The molecule has 0 bridgehead atoms.